The number of amides is 1. The molecule has 2 aromatic rings. The molecule has 0 aliphatic carbocycles. The minimum Gasteiger partial charge on any atom is -0.352 e. The molecule has 1 aliphatic heterocycles. The van der Waals surface area contributed by atoms with E-state index in [2.05, 4.69) is 28.8 Å². The van der Waals surface area contributed by atoms with Crippen molar-refractivity contribution in [3.63, 3.8) is 0 Å². The van der Waals surface area contributed by atoms with Crippen LogP contribution in [0.25, 0.3) is 0 Å². The second-order valence-electron chi connectivity index (χ2n) is 5.56. The molecule has 1 amide bonds. The second kappa shape index (κ2) is 7.43. The Kier molecular flexibility index (Phi) is 5.58. The van der Waals surface area contributed by atoms with E-state index in [9.17, 15) is 4.79 Å². The SMILES string of the molecule is CC(C(=O)NCc1ccc2c(c1)CNC2)c1ccccc1.Cl. The quantitative estimate of drug-likeness (QED) is 0.910. The minimum atomic E-state index is -0.123. The van der Waals surface area contributed by atoms with Crippen molar-refractivity contribution in [2.45, 2.75) is 32.5 Å². The predicted octanol–water partition coefficient (Wildman–Crippen LogP) is 3.13. The Morgan fingerprint density at radius 3 is 2.64 bits per heavy atom. The number of halogens is 1. The summed E-state index contributed by atoms with van der Waals surface area (Å²) in [5.41, 5.74) is 4.92. The van der Waals surface area contributed by atoms with Crippen molar-refractivity contribution in [1.82, 2.24) is 10.6 Å². The average molecular weight is 317 g/mol. The summed E-state index contributed by atoms with van der Waals surface area (Å²) in [6.45, 7) is 4.41. The average Bonchev–Trinajstić information content (AvgIpc) is 3.00. The molecule has 0 radical (unpaired) electrons. The van der Waals surface area contributed by atoms with Crippen molar-refractivity contribution >= 4 is 18.3 Å². The molecule has 0 fully saturated rings. The van der Waals surface area contributed by atoms with Gasteiger partial charge in [-0.3, -0.25) is 4.79 Å². The Balaban J connectivity index is 0.00000176. The molecular formula is C18H21ClN2O. The molecule has 0 aromatic heterocycles. The van der Waals surface area contributed by atoms with E-state index in [1.165, 1.54) is 11.1 Å². The predicted molar refractivity (Wildman–Crippen MR) is 90.9 cm³/mol. The first kappa shape index (κ1) is 16.5. The summed E-state index contributed by atoms with van der Waals surface area (Å²) < 4.78 is 0. The van der Waals surface area contributed by atoms with Gasteiger partial charge in [0.25, 0.3) is 0 Å². The van der Waals surface area contributed by atoms with Crippen molar-refractivity contribution in [2.24, 2.45) is 0 Å². The van der Waals surface area contributed by atoms with Gasteiger partial charge in [0.2, 0.25) is 5.91 Å². The summed E-state index contributed by atoms with van der Waals surface area (Å²) in [6, 6.07) is 16.3. The Morgan fingerprint density at radius 2 is 1.86 bits per heavy atom. The van der Waals surface area contributed by atoms with Crippen LogP contribution in [0.15, 0.2) is 48.5 Å². The largest absolute Gasteiger partial charge is 0.352 e. The van der Waals surface area contributed by atoms with E-state index in [0.29, 0.717) is 6.54 Å². The van der Waals surface area contributed by atoms with Gasteiger partial charge in [0.1, 0.15) is 0 Å². The number of benzene rings is 2. The van der Waals surface area contributed by atoms with Gasteiger partial charge in [-0.05, 0) is 29.2 Å². The van der Waals surface area contributed by atoms with Crippen molar-refractivity contribution in [3.05, 3.63) is 70.8 Å². The lowest BCUT2D eigenvalue weighted by Crippen LogP contribution is -2.27. The van der Waals surface area contributed by atoms with Crippen LogP contribution in [0, 0.1) is 0 Å². The highest BCUT2D eigenvalue weighted by Crippen LogP contribution is 2.18. The molecule has 116 valence electrons. The van der Waals surface area contributed by atoms with Crippen LogP contribution in [-0.4, -0.2) is 5.91 Å². The van der Waals surface area contributed by atoms with Gasteiger partial charge >= 0.3 is 0 Å². The zero-order valence-corrected chi connectivity index (χ0v) is 13.5. The topological polar surface area (TPSA) is 41.1 Å². The zero-order chi connectivity index (χ0) is 14.7. The van der Waals surface area contributed by atoms with E-state index in [1.54, 1.807) is 0 Å². The van der Waals surface area contributed by atoms with E-state index in [0.717, 1.165) is 24.2 Å². The van der Waals surface area contributed by atoms with Gasteiger partial charge in [-0.2, -0.15) is 0 Å². The van der Waals surface area contributed by atoms with Crippen LogP contribution in [0.4, 0.5) is 0 Å². The Bertz CT molecular complexity index is 643. The molecule has 0 bridgehead atoms. The van der Waals surface area contributed by atoms with Crippen molar-refractivity contribution in [2.75, 3.05) is 0 Å². The normalized spacial score (nSPS) is 13.9. The first-order valence-corrected chi connectivity index (χ1v) is 7.38. The van der Waals surface area contributed by atoms with E-state index >= 15 is 0 Å². The summed E-state index contributed by atoms with van der Waals surface area (Å²) in [6.07, 6.45) is 0. The molecule has 1 heterocycles. The monoisotopic (exact) mass is 316 g/mol. The maximum atomic E-state index is 12.2. The summed E-state index contributed by atoms with van der Waals surface area (Å²) in [7, 11) is 0. The molecular weight excluding hydrogens is 296 g/mol. The van der Waals surface area contributed by atoms with Gasteiger partial charge in [-0.25, -0.2) is 0 Å². The molecule has 22 heavy (non-hydrogen) atoms. The molecule has 2 N–H and O–H groups in total. The number of carbonyl (C=O) groups is 1. The van der Waals surface area contributed by atoms with Crippen molar-refractivity contribution in [1.29, 1.82) is 0 Å². The highest BCUT2D eigenvalue weighted by molar-refractivity contribution is 5.85. The highest BCUT2D eigenvalue weighted by atomic mass is 35.5. The van der Waals surface area contributed by atoms with E-state index in [1.807, 2.05) is 37.3 Å². The number of hydrogen-bond donors (Lipinski definition) is 2. The fourth-order valence-electron chi connectivity index (χ4n) is 2.69. The molecule has 4 heteroatoms. The lowest BCUT2D eigenvalue weighted by Gasteiger charge is -2.13. The lowest BCUT2D eigenvalue weighted by molar-refractivity contribution is -0.122. The van der Waals surface area contributed by atoms with Crippen molar-refractivity contribution in [3.8, 4) is 0 Å². The Labute approximate surface area is 137 Å². The molecule has 3 nitrogen and oxygen atoms in total. The molecule has 1 atom stereocenters. The summed E-state index contributed by atoms with van der Waals surface area (Å²) in [4.78, 5) is 12.2. The number of rotatable bonds is 4. The molecule has 3 rings (SSSR count). The van der Waals surface area contributed by atoms with Crippen LogP contribution in [0.5, 0.6) is 0 Å². The molecule has 1 aliphatic rings. The van der Waals surface area contributed by atoms with E-state index < -0.39 is 0 Å². The van der Waals surface area contributed by atoms with Gasteiger partial charge in [0, 0.05) is 19.6 Å². The summed E-state index contributed by atoms with van der Waals surface area (Å²) in [5, 5.41) is 6.36. The molecule has 0 saturated heterocycles. The molecule has 2 aromatic carbocycles. The number of carbonyl (C=O) groups excluding carboxylic acids is 1. The van der Waals surface area contributed by atoms with Crippen LogP contribution in [0.3, 0.4) is 0 Å². The smallest absolute Gasteiger partial charge is 0.227 e. The number of fused-ring (bicyclic) bond motifs is 1. The molecule has 1 unspecified atom stereocenters. The lowest BCUT2D eigenvalue weighted by atomic mass is 10.0. The summed E-state index contributed by atoms with van der Waals surface area (Å²) >= 11 is 0. The maximum Gasteiger partial charge on any atom is 0.227 e. The third kappa shape index (κ3) is 3.67. The van der Waals surface area contributed by atoms with Crippen molar-refractivity contribution < 1.29 is 4.79 Å². The maximum absolute atomic E-state index is 12.2. The van der Waals surface area contributed by atoms with Gasteiger partial charge in [-0.15, -0.1) is 12.4 Å². The fraction of sp³-hybridized carbons (Fsp3) is 0.278. The molecule has 0 spiro atoms. The minimum absolute atomic E-state index is 0. The van der Waals surface area contributed by atoms with E-state index in [-0.39, 0.29) is 24.2 Å². The zero-order valence-electron chi connectivity index (χ0n) is 12.6. The second-order valence-corrected chi connectivity index (χ2v) is 5.56. The van der Waals surface area contributed by atoms with Gasteiger partial charge in [-0.1, -0.05) is 48.5 Å². The van der Waals surface area contributed by atoms with Gasteiger partial charge in [0.05, 0.1) is 5.92 Å². The molecule has 0 saturated carbocycles. The summed E-state index contributed by atoms with van der Waals surface area (Å²) in [5.74, 6) is -0.0536. The van der Waals surface area contributed by atoms with Crippen LogP contribution in [0.1, 0.15) is 35.1 Å². The number of nitrogens with one attached hydrogen (secondary N) is 2. The first-order valence-electron chi connectivity index (χ1n) is 7.38. The Hall–Kier alpha value is -1.84. The Morgan fingerprint density at radius 1 is 1.14 bits per heavy atom. The fourth-order valence-corrected chi connectivity index (χ4v) is 2.69. The van der Waals surface area contributed by atoms with Gasteiger partial charge in [0.15, 0.2) is 0 Å². The van der Waals surface area contributed by atoms with Crippen LogP contribution in [0.2, 0.25) is 0 Å². The van der Waals surface area contributed by atoms with Crippen LogP contribution >= 0.6 is 12.4 Å². The third-order valence-electron chi connectivity index (χ3n) is 4.06. The van der Waals surface area contributed by atoms with E-state index in [4.69, 9.17) is 0 Å². The van der Waals surface area contributed by atoms with Crippen LogP contribution < -0.4 is 10.6 Å². The highest BCUT2D eigenvalue weighted by Gasteiger charge is 2.15. The first-order chi connectivity index (χ1) is 10.2. The van der Waals surface area contributed by atoms with Crippen LogP contribution in [-0.2, 0) is 24.4 Å². The van der Waals surface area contributed by atoms with Gasteiger partial charge < -0.3 is 10.6 Å². The number of hydrogen-bond acceptors (Lipinski definition) is 2. The standard InChI is InChI=1S/C18H20N2O.ClH/c1-13(15-5-3-2-4-6-15)18(21)20-10-14-7-8-16-11-19-12-17(16)9-14;/h2-9,13,19H,10-12H2,1H3,(H,20,21);1H. The third-order valence-corrected chi connectivity index (χ3v) is 4.06.